The number of para-hydroxylation sites is 1. The molecule has 2 aromatic heterocycles. The first-order valence-electron chi connectivity index (χ1n) is 6.82. The molecule has 3 aromatic rings. The smallest absolute Gasteiger partial charge is 0.150 e. The highest BCUT2D eigenvalue weighted by Crippen LogP contribution is 2.24. The van der Waals surface area contributed by atoms with Crippen molar-refractivity contribution in [3.8, 4) is 0 Å². The molecule has 0 aliphatic heterocycles. The lowest BCUT2D eigenvalue weighted by Gasteiger charge is -2.06. The van der Waals surface area contributed by atoms with Crippen LogP contribution in [0.15, 0.2) is 34.9 Å². The zero-order valence-electron chi connectivity index (χ0n) is 12.1. The van der Waals surface area contributed by atoms with Crippen LogP contribution in [0.3, 0.4) is 0 Å². The van der Waals surface area contributed by atoms with E-state index in [1.54, 1.807) is 0 Å². The van der Waals surface area contributed by atoms with Crippen molar-refractivity contribution in [1.82, 2.24) is 15.0 Å². The van der Waals surface area contributed by atoms with Gasteiger partial charge in [0.05, 0.1) is 12.2 Å². The fourth-order valence-electron chi connectivity index (χ4n) is 2.69. The Hall–Kier alpha value is -2.07. The maximum atomic E-state index is 5.20. The molecule has 0 aliphatic carbocycles. The van der Waals surface area contributed by atoms with Gasteiger partial charge in [-0.25, -0.2) is 0 Å². The van der Waals surface area contributed by atoms with E-state index < -0.39 is 0 Å². The van der Waals surface area contributed by atoms with Gasteiger partial charge in [-0.15, -0.1) is 0 Å². The van der Waals surface area contributed by atoms with Crippen molar-refractivity contribution < 1.29 is 4.52 Å². The summed E-state index contributed by atoms with van der Waals surface area (Å²) < 4.78 is 7.46. The van der Waals surface area contributed by atoms with E-state index >= 15 is 0 Å². The predicted octanol–water partition coefficient (Wildman–Crippen LogP) is 3.07. The minimum absolute atomic E-state index is 0.696. The highest BCUT2D eigenvalue weighted by atomic mass is 16.5. The summed E-state index contributed by atoms with van der Waals surface area (Å²) >= 11 is 0. The lowest BCUT2D eigenvalue weighted by Crippen LogP contribution is -2.15. The standard InChI is InChI=1S/C16H19N3O/c1-11-8-13(20-18-11)9-17-10-16-12(2)14-6-4-5-7-15(14)19(16)3/h4-8,17H,9-10H2,1-3H3. The Morgan fingerprint density at radius 3 is 2.70 bits per heavy atom. The van der Waals surface area contributed by atoms with Crippen LogP contribution in [0.5, 0.6) is 0 Å². The molecule has 0 spiro atoms. The third-order valence-electron chi connectivity index (χ3n) is 3.78. The molecule has 3 rings (SSSR count). The summed E-state index contributed by atoms with van der Waals surface area (Å²) in [7, 11) is 2.12. The van der Waals surface area contributed by atoms with Gasteiger partial charge in [0.2, 0.25) is 0 Å². The molecule has 0 atom stereocenters. The second-order valence-electron chi connectivity index (χ2n) is 5.19. The first-order valence-corrected chi connectivity index (χ1v) is 6.82. The molecule has 0 saturated carbocycles. The van der Waals surface area contributed by atoms with Crippen LogP contribution >= 0.6 is 0 Å². The van der Waals surface area contributed by atoms with Crippen LogP contribution in [0.1, 0.15) is 22.7 Å². The van der Waals surface area contributed by atoms with E-state index in [0.29, 0.717) is 6.54 Å². The zero-order chi connectivity index (χ0) is 14.1. The molecule has 4 heteroatoms. The maximum Gasteiger partial charge on any atom is 0.150 e. The number of nitrogens with zero attached hydrogens (tertiary/aromatic N) is 2. The minimum atomic E-state index is 0.696. The van der Waals surface area contributed by atoms with Gasteiger partial charge in [0.15, 0.2) is 5.76 Å². The number of benzene rings is 1. The predicted molar refractivity (Wildman–Crippen MR) is 79.4 cm³/mol. The molecule has 0 unspecified atom stereocenters. The summed E-state index contributed by atoms with van der Waals surface area (Å²) in [6, 6.07) is 10.5. The van der Waals surface area contributed by atoms with Gasteiger partial charge in [0.25, 0.3) is 0 Å². The van der Waals surface area contributed by atoms with E-state index in [9.17, 15) is 0 Å². The third kappa shape index (κ3) is 2.23. The molecule has 20 heavy (non-hydrogen) atoms. The van der Waals surface area contributed by atoms with Crippen molar-refractivity contribution in [3.05, 3.63) is 53.0 Å². The van der Waals surface area contributed by atoms with Crippen molar-refractivity contribution in [2.45, 2.75) is 26.9 Å². The van der Waals surface area contributed by atoms with Crippen LogP contribution in [0, 0.1) is 13.8 Å². The van der Waals surface area contributed by atoms with Crippen LogP contribution in [0.4, 0.5) is 0 Å². The number of rotatable bonds is 4. The molecule has 4 nitrogen and oxygen atoms in total. The van der Waals surface area contributed by atoms with Gasteiger partial charge in [-0.3, -0.25) is 0 Å². The van der Waals surface area contributed by atoms with Gasteiger partial charge >= 0.3 is 0 Å². The summed E-state index contributed by atoms with van der Waals surface area (Å²) in [5, 5.41) is 8.63. The molecule has 104 valence electrons. The molecule has 1 aromatic carbocycles. The van der Waals surface area contributed by atoms with Crippen LogP contribution in [-0.2, 0) is 20.1 Å². The van der Waals surface area contributed by atoms with E-state index in [1.165, 1.54) is 22.2 Å². The molecule has 0 fully saturated rings. The summed E-state index contributed by atoms with van der Waals surface area (Å²) in [5.74, 6) is 0.874. The molecular weight excluding hydrogens is 250 g/mol. The molecule has 0 bridgehead atoms. The minimum Gasteiger partial charge on any atom is -0.360 e. The lowest BCUT2D eigenvalue weighted by molar-refractivity contribution is 0.369. The third-order valence-corrected chi connectivity index (χ3v) is 3.78. The van der Waals surface area contributed by atoms with Gasteiger partial charge < -0.3 is 14.4 Å². The highest BCUT2D eigenvalue weighted by Gasteiger charge is 2.10. The monoisotopic (exact) mass is 269 g/mol. The second-order valence-corrected chi connectivity index (χ2v) is 5.19. The Kier molecular flexibility index (Phi) is 3.32. The van der Waals surface area contributed by atoms with Gasteiger partial charge in [-0.2, -0.15) is 0 Å². The number of aromatic nitrogens is 2. The van der Waals surface area contributed by atoms with Crippen LogP contribution in [-0.4, -0.2) is 9.72 Å². The summed E-state index contributed by atoms with van der Waals surface area (Å²) in [4.78, 5) is 0. The van der Waals surface area contributed by atoms with Crippen molar-refractivity contribution >= 4 is 10.9 Å². The molecular formula is C16H19N3O. The quantitative estimate of drug-likeness (QED) is 0.791. The average molecular weight is 269 g/mol. The van der Waals surface area contributed by atoms with Gasteiger partial charge in [-0.1, -0.05) is 23.4 Å². The molecule has 2 heterocycles. The Morgan fingerprint density at radius 1 is 1.20 bits per heavy atom. The fourth-order valence-corrected chi connectivity index (χ4v) is 2.69. The largest absolute Gasteiger partial charge is 0.360 e. The van der Waals surface area contributed by atoms with E-state index in [0.717, 1.165) is 18.0 Å². The SMILES string of the molecule is Cc1cc(CNCc2c(C)c3ccccc3n2C)on1. The van der Waals surface area contributed by atoms with Crippen molar-refractivity contribution in [2.24, 2.45) is 7.05 Å². The van der Waals surface area contributed by atoms with Crippen LogP contribution in [0.2, 0.25) is 0 Å². The zero-order valence-corrected chi connectivity index (χ0v) is 12.1. The van der Waals surface area contributed by atoms with E-state index in [-0.39, 0.29) is 0 Å². The Labute approximate surface area is 118 Å². The van der Waals surface area contributed by atoms with Crippen molar-refractivity contribution in [3.63, 3.8) is 0 Å². The number of hydrogen-bond acceptors (Lipinski definition) is 3. The summed E-state index contributed by atoms with van der Waals surface area (Å²) in [5.41, 5.74) is 4.84. The molecule has 1 N–H and O–H groups in total. The van der Waals surface area contributed by atoms with Gasteiger partial charge in [0, 0.05) is 36.3 Å². The van der Waals surface area contributed by atoms with Gasteiger partial charge in [0.1, 0.15) is 0 Å². The van der Waals surface area contributed by atoms with Crippen LogP contribution < -0.4 is 5.32 Å². The Bertz CT molecular complexity index is 700. The normalized spacial score (nSPS) is 11.3. The molecule has 0 amide bonds. The second kappa shape index (κ2) is 5.13. The van der Waals surface area contributed by atoms with Gasteiger partial charge in [-0.05, 0) is 25.5 Å². The topological polar surface area (TPSA) is 43.0 Å². The van der Waals surface area contributed by atoms with E-state index in [1.807, 2.05) is 13.0 Å². The van der Waals surface area contributed by atoms with Crippen molar-refractivity contribution in [1.29, 1.82) is 0 Å². The first-order chi connectivity index (χ1) is 9.66. The molecule has 0 saturated heterocycles. The Balaban J connectivity index is 1.77. The van der Waals surface area contributed by atoms with E-state index in [2.05, 4.69) is 53.3 Å². The van der Waals surface area contributed by atoms with Crippen molar-refractivity contribution in [2.75, 3.05) is 0 Å². The molecule has 0 radical (unpaired) electrons. The maximum absolute atomic E-state index is 5.20. The Morgan fingerprint density at radius 2 is 2.00 bits per heavy atom. The highest BCUT2D eigenvalue weighted by molar-refractivity contribution is 5.85. The summed E-state index contributed by atoms with van der Waals surface area (Å²) in [6.45, 7) is 5.62. The number of nitrogens with one attached hydrogen (secondary N) is 1. The van der Waals surface area contributed by atoms with Crippen LogP contribution in [0.25, 0.3) is 10.9 Å². The number of hydrogen-bond donors (Lipinski definition) is 1. The molecule has 0 aliphatic rings. The number of fused-ring (bicyclic) bond motifs is 1. The first kappa shape index (κ1) is 12.9. The lowest BCUT2D eigenvalue weighted by atomic mass is 10.1. The fraction of sp³-hybridized carbons (Fsp3) is 0.312. The van der Waals surface area contributed by atoms with E-state index in [4.69, 9.17) is 4.52 Å². The number of aryl methyl sites for hydroxylation is 3. The summed E-state index contributed by atoms with van der Waals surface area (Å²) in [6.07, 6.45) is 0. The average Bonchev–Trinajstić information content (AvgIpc) is 2.97.